The van der Waals surface area contributed by atoms with E-state index in [1.54, 1.807) is 54.6 Å². The Balaban J connectivity index is 1.80. The van der Waals surface area contributed by atoms with Crippen LogP contribution in [0.25, 0.3) is 0 Å². The Kier molecular flexibility index (Phi) is 7.33. The fraction of sp³-hybridized carbons (Fsp3) is 0.261. The highest BCUT2D eigenvalue weighted by Crippen LogP contribution is 2.28. The van der Waals surface area contributed by atoms with Crippen molar-refractivity contribution in [3.05, 3.63) is 60.2 Å². The van der Waals surface area contributed by atoms with E-state index < -0.39 is 29.8 Å². The van der Waals surface area contributed by atoms with Crippen molar-refractivity contribution in [2.45, 2.75) is 25.4 Å². The zero-order valence-corrected chi connectivity index (χ0v) is 17.5. The summed E-state index contributed by atoms with van der Waals surface area (Å²) in [7, 11) is 0. The van der Waals surface area contributed by atoms with Gasteiger partial charge in [-0.05, 0) is 31.2 Å². The minimum Gasteiger partial charge on any atom is -0.381 e. The zero-order valence-electron chi connectivity index (χ0n) is 17.5. The Hall–Kier alpha value is -4.01. The summed E-state index contributed by atoms with van der Waals surface area (Å²) in [5.41, 5.74) is 1.50. The van der Waals surface area contributed by atoms with Crippen molar-refractivity contribution in [3.63, 3.8) is 0 Å². The number of nitrogens with zero attached hydrogens (tertiary/aromatic N) is 1. The molecule has 2 aromatic carbocycles. The fourth-order valence-corrected chi connectivity index (χ4v) is 3.41. The van der Waals surface area contributed by atoms with Crippen LogP contribution in [-0.2, 0) is 19.2 Å². The summed E-state index contributed by atoms with van der Waals surface area (Å²) in [6, 6.07) is 13.6. The predicted octanol–water partition coefficient (Wildman–Crippen LogP) is 0.907. The highest BCUT2D eigenvalue weighted by atomic mass is 16.2. The van der Waals surface area contributed by atoms with E-state index in [1.807, 2.05) is 0 Å². The van der Waals surface area contributed by atoms with Gasteiger partial charge in [0.1, 0.15) is 24.7 Å². The van der Waals surface area contributed by atoms with E-state index in [0.29, 0.717) is 23.2 Å². The molecule has 1 aliphatic rings. The van der Waals surface area contributed by atoms with Crippen molar-refractivity contribution in [3.8, 4) is 0 Å². The van der Waals surface area contributed by atoms with E-state index in [-0.39, 0.29) is 25.3 Å². The van der Waals surface area contributed by atoms with Crippen LogP contribution in [-0.4, -0.2) is 55.0 Å². The standard InChI is InChI=1S/C23H24N4O5/c1-15(29)11-17(14-28)25-21(30)13-27-20-10-6-5-9-18(20)24-12-19(23(27)32)26-22(31)16-7-3-2-4-8-16/h2-10,14,17,19,24H,11-13H2,1H3,(H,25,30)(H,26,31)/t17-,19-/m0/s1. The second-order valence-corrected chi connectivity index (χ2v) is 7.43. The fourth-order valence-electron chi connectivity index (χ4n) is 3.41. The van der Waals surface area contributed by atoms with Crippen molar-refractivity contribution in [1.82, 2.24) is 10.6 Å². The van der Waals surface area contributed by atoms with Crippen molar-refractivity contribution in [2.75, 3.05) is 23.3 Å². The molecule has 0 bridgehead atoms. The number of hydrogen-bond donors (Lipinski definition) is 3. The minimum absolute atomic E-state index is 0.128. The number of aldehydes is 1. The first kappa shape index (κ1) is 22.7. The van der Waals surface area contributed by atoms with Gasteiger partial charge < -0.3 is 20.7 Å². The molecule has 9 nitrogen and oxygen atoms in total. The maximum Gasteiger partial charge on any atom is 0.251 e. The van der Waals surface area contributed by atoms with E-state index in [2.05, 4.69) is 16.0 Å². The first-order valence-electron chi connectivity index (χ1n) is 10.1. The van der Waals surface area contributed by atoms with Gasteiger partial charge in [-0.15, -0.1) is 0 Å². The molecule has 0 radical (unpaired) electrons. The maximum absolute atomic E-state index is 13.3. The van der Waals surface area contributed by atoms with Crippen molar-refractivity contribution in [1.29, 1.82) is 0 Å². The molecule has 0 saturated heterocycles. The van der Waals surface area contributed by atoms with Crippen molar-refractivity contribution < 1.29 is 24.0 Å². The first-order chi connectivity index (χ1) is 15.4. The number of carbonyl (C=O) groups is 5. The number of benzene rings is 2. The van der Waals surface area contributed by atoms with Gasteiger partial charge in [0, 0.05) is 18.5 Å². The van der Waals surface area contributed by atoms with E-state index in [1.165, 1.54) is 11.8 Å². The van der Waals surface area contributed by atoms with Gasteiger partial charge >= 0.3 is 0 Å². The number of hydrogen-bond acceptors (Lipinski definition) is 6. The number of carbonyl (C=O) groups excluding carboxylic acids is 5. The molecule has 2 atom stereocenters. The highest BCUT2D eigenvalue weighted by molar-refractivity contribution is 6.07. The summed E-state index contributed by atoms with van der Waals surface area (Å²) in [5, 5.41) is 8.32. The average Bonchev–Trinajstić information content (AvgIpc) is 2.91. The molecule has 2 aromatic rings. The van der Waals surface area contributed by atoms with E-state index in [0.717, 1.165) is 0 Å². The van der Waals surface area contributed by atoms with Crippen LogP contribution in [0.5, 0.6) is 0 Å². The van der Waals surface area contributed by atoms with Crippen LogP contribution >= 0.6 is 0 Å². The van der Waals surface area contributed by atoms with E-state index in [4.69, 9.17) is 0 Å². The third kappa shape index (κ3) is 5.57. The quantitative estimate of drug-likeness (QED) is 0.528. The number of anilines is 2. The predicted molar refractivity (Wildman–Crippen MR) is 118 cm³/mol. The van der Waals surface area contributed by atoms with Gasteiger partial charge in [0.25, 0.3) is 11.8 Å². The molecule has 0 aromatic heterocycles. The number of rotatable bonds is 8. The van der Waals surface area contributed by atoms with Crippen LogP contribution < -0.4 is 20.9 Å². The molecule has 166 valence electrons. The molecule has 3 amide bonds. The monoisotopic (exact) mass is 436 g/mol. The second kappa shape index (κ2) is 10.3. The van der Waals surface area contributed by atoms with Gasteiger partial charge in [-0.2, -0.15) is 0 Å². The Morgan fingerprint density at radius 1 is 1.12 bits per heavy atom. The third-order valence-electron chi connectivity index (χ3n) is 4.92. The number of ketones is 1. The third-order valence-corrected chi connectivity index (χ3v) is 4.92. The molecule has 0 unspecified atom stereocenters. The normalized spacial score (nSPS) is 16.1. The zero-order chi connectivity index (χ0) is 23.1. The summed E-state index contributed by atoms with van der Waals surface area (Å²) in [6.07, 6.45) is 0.360. The molecule has 0 saturated carbocycles. The van der Waals surface area contributed by atoms with Gasteiger partial charge in [-0.25, -0.2) is 0 Å². The molecule has 0 fully saturated rings. The Morgan fingerprint density at radius 3 is 2.50 bits per heavy atom. The number of nitrogens with one attached hydrogen (secondary N) is 3. The lowest BCUT2D eigenvalue weighted by molar-refractivity contribution is -0.126. The Morgan fingerprint density at radius 2 is 1.81 bits per heavy atom. The minimum atomic E-state index is -0.968. The van der Waals surface area contributed by atoms with Crippen molar-refractivity contribution in [2.24, 2.45) is 0 Å². The highest BCUT2D eigenvalue weighted by Gasteiger charge is 2.33. The van der Waals surface area contributed by atoms with Gasteiger partial charge in [0.2, 0.25) is 5.91 Å². The molecular weight excluding hydrogens is 412 g/mol. The molecule has 3 rings (SSSR count). The van der Waals surface area contributed by atoms with Crippen LogP contribution in [0.1, 0.15) is 23.7 Å². The summed E-state index contributed by atoms with van der Waals surface area (Å²) in [4.78, 5) is 62.2. The van der Waals surface area contributed by atoms with Gasteiger partial charge in [0.05, 0.1) is 17.4 Å². The SMILES string of the molecule is CC(=O)C[C@@H](C=O)NC(=O)CN1C(=O)[C@@H](NC(=O)c2ccccc2)CNc2ccccc21. The summed E-state index contributed by atoms with van der Waals surface area (Å²) >= 11 is 0. The van der Waals surface area contributed by atoms with Crippen LogP contribution in [0.3, 0.4) is 0 Å². The largest absolute Gasteiger partial charge is 0.381 e. The average molecular weight is 436 g/mol. The van der Waals surface area contributed by atoms with Crippen LogP contribution in [0.2, 0.25) is 0 Å². The Labute approximate surface area is 185 Å². The second-order valence-electron chi connectivity index (χ2n) is 7.43. The van der Waals surface area contributed by atoms with Gasteiger partial charge in [-0.3, -0.25) is 24.1 Å². The van der Waals surface area contributed by atoms with E-state index >= 15 is 0 Å². The topological polar surface area (TPSA) is 125 Å². The lowest BCUT2D eigenvalue weighted by Crippen LogP contribution is -2.53. The van der Waals surface area contributed by atoms with Crippen LogP contribution in [0.15, 0.2) is 54.6 Å². The molecule has 3 N–H and O–H groups in total. The Bertz CT molecular complexity index is 1020. The molecule has 0 spiro atoms. The summed E-state index contributed by atoms with van der Waals surface area (Å²) in [6.45, 7) is 1.08. The summed E-state index contributed by atoms with van der Waals surface area (Å²) < 4.78 is 0. The van der Waals surface area contributed by atoms with Crippen LogP contribution in [0.4, 0.5) is 11.4 Å². The molecule has 9 heteroatoms. The van der Waals surface area contributed by atoms with Gasteiger partial charge in [-0.1, -0.05) is 30.3 Å². The first-order valence-corrected chi connectivity index (χ1v) is 10.1. The molecule has 0 aliphatic carbocycles. The summed E-state index contributed by atoms with van der Waals surface area (Å²) in [5.74, 6) is -1.73. The molecular formula is C23H24N4O5. The lowest BCUT2D eigenvalue weighted by Gasteiger charge is -2.25. The molecule has 32 heavy (non-hydrogen) atoms. The lowest BCUT2D eigenvalue weighted by atomic mass is 10.1. The number of amides is 3. The number of fused-ring (bicyclic) bond motifs is 1. The maximum atomic E-state index is 13.3. The molecule has 1 aliphatic heterocycles. The molecule has 1 heterocycles. The number of Topliss-reactive ketones (excluding diaryl/α,β-unsaturated/α-hetero) is 1. The smallest absolute Gasteiger partial charge is 0.251 e. The number of para-hydroxylation sites is 2. The van der Waals surface area contributed by atoms with E-state index in [9.17, 15) is 24.0 Å². The van der Waals surface area contributed by atoms with Gasteiger partial charge in [0.15, 0.2) is 0 Å². The van der Waals surface area contributed by atoms with Crippen LogP contribution in [0, 0.1) is 0 Å². The van der Waals surface area contributed by atoms with Crippen molar-refractivity contribution >= 4 is 41.2 Å².